The first kappa shape index (κ1) is 18.6. The molecule has 0 bridgehead atoms. The Morgan fingerprint density at radius 2 is 1.93 bits per heavy atom. The van der Waals surface area contributed by atoms with Gasteiger partial charge in [-0.1, -0.05) is 24.2 Å². The van der Waals surface area contributed by atoms with E-state index in [0.717, 1.165) is 41.2 Å². The summed E-state index contributed by atoms with van der Waals surface area (Å²) < 4.78 is 24.7. The van der Waals surface area contributed by atoms with Crippen molar-refractivity contribution in [3.8, 4) is 0 Å². The molecule has 3 heterocycles. The molecule has 2 aliphatic rings. The topological polar surface area (TPSA) is 83.5 Å². The number of pyridine rings is 1. The van der Waals surface area contributed by atoms with E-state index in [2.05, 4.69) is 14.9 Å². The summed E-state index contributed by atoms with van der Waals surface area (Å²) in [5.41, 5.74) is 0.896. The lowest BCUT2D eigenvalue weighted by Crippen LogP contribution is -2.49. The molecule has 0 N–H and O–H groups in total. The second-order valence-corrected chi connectivity index (χ2v) is 10.6. The highest BCUT2D eigenvalue weighted by Gasteiger charge is 2.30. The summed E-state index contributed by atoms with van der Waals surface area (Å²) in [6.07, 6.45) is 5.35. The van der Waals surface area contributed by atoms with Gasteiger partial charge in [-0.05, 0) is 25.0 Å². The first-order valence-electron chi connectivity index (χ1n) is 9.49. The van der Waals surface area contributed by atoms with Gasteiger partial charge in [-0.3, -0.25) is 4.79 Å². The number of piperazine rings is 1. The molecule has 1 saturated heterocycles. The van der Waals surface area contributed by atoms with Crippen LogP contribution in [-0.4, -0.2) is 66.4 Å². The van der Waals surface area contributed by atoms with Gasteiger partial charge in [0.25, 0.3) is 0 Å². The lowest BCUT2D eigenvalue weighted by molar-refractivity contribution is -0.131. The van der Waals surface area contributed by atoms with Crippen LogP contribution < -0.4 is 4.90 Å². The van der Waals surface area contributed by atoms with E-state index in [-0.39, 0.29) is 23.3 Å². The molecule has 2 aromatic rings. The highest BCUT2D eigenvalue weighted by Crippen LogP contribution is 2.28. The summed E-state index contributed by atoms with van der Waals surface area (Å²) >= 11 is 1.56. The van der Waals surface area contributed by atoms with Crippen molar-refractivity contribution in [1.82, 2.24) is 14.9 Å². The van der Waals surface area contributed by atoms with Crippen molar-refractivity contribution in [1.29, 1.82) is 0 Å². The molecule has 0 unspecified atom stereocenters. The van der Waals surface area contributed by atoms with Crippen molar-refractivity contribution >= 4 is 42.6 Å². The molecule has 7 nitrogen and oxygen atoms in total. The average Bonchev–Trinajstić information content (AvgIpc) is 3.36. The van der Waals surface area contributed by atoms with Gasteiger partial charge < -0.3 is 9.80 Å². The van der Waals surface area contributed by atoms with Crippen LogP contribution in [-0.2, 0) is 14.6 Å². The van der Waals surface area contributed by atoms with E-state index in [0.29, 0.717) is 26.2 Å². The molecular formula is C18H24N4O3S2. The fourth-order valence-corrected chi connectivity index (χ4v) is 6.65. The molecule has 0 atom stereocenters. The van der Waals surface area contributed by atoms with Crippen LogP contribution in [0.15, 0.2) is 18.3 Å². The third-order valence-corrected chi connectivity index (χ3v) is 8.77. The molecule has 4 rings (SSSR count). The smallest absolute Gasteiger partial charge is 0.223 e. The first-order chi connectivity index (χ1) is 13.0. The minimum atomic E-state index is -3.14. The third kappa shape index (κ3) is 4.08. The number of carbonyl (C=O) groups is 1. The summed E-state index contributed by atoms with van der Waals surface area (Å²) in [6.45, 7) is 2.62. The van der Waals surface area contributed by atoms with E-state index in [4.69, 9.17) is 0 Å². The average molecular weight is 409 g/mol. The van der Waals surface area contributed by atoms with Gasteiger partial charge in [0.2, 0.25) is 5.91 Å². The van der Waals surface area contributed by atoms with Crippen LogP contribution >= 0.6 is 11.3 Å². The fraction of sp³-hybridized carbons (Fsp3) is 0.611. The van der Waals surface area contributed by atoms with Gasteiger partial charge in [-0.15, -0.1) is 0 Å². The van der Waals surface area contributed by atoms with Crippen LogP contribution in [0.3, 0.4) is 0 Å². The quantitative estimate of drug-likeness (QED) is 0.753. The number of rotatable bonds is 5. The van der Waals surface area contributed by atoms with Crippen LogP contribution in [0.1, 0.15) is 32.1 Å². The summed E-state index contributed by atoms with van der Waals surface area (Å²) in [5, 5.41) is 0.703. The monoisotopic (exact) mass is 408 g/mol. The van der Waals surface area contributed by atoms with Gasteiger partial charge in [-0.25, -0.2) is 18.4 Å². The predicted octanol–water partition coefficient (Wildman–Crippen LogP) is 2.09. The van der Waals surface area contributed by atoms with Crippen LogP contribution in [0.2, 0.25) is 0 Å². The van der Waals surface area contributed by atoms with Crippen molar-refractivity contribution in [2.24, 2.45) is 0 Å². The number of aromatic nitrogens is 2. The number of thiazole rings is 1. The summed E-state index contributed by atoms with van der Waals surface area (Å²) in [7, 11) is -3.14. The van der Waals surface area contributed by atoms with Gasteiger partial charge in [-0.2, -0.15) is 0 Å². The molecule has 9 heteroatoms. The number of sulfone groups is 1. The van der Waals surface area contributed by atoms with Gasteiger partial charge in [0.15, 0.2) is 15.0 Å². The summed E-state index contributed by atoms with van der Waals surface area (Å²) in [4.78, 5) is 26.3. The molecule has 2 aromatic heterocycles. The second kappa shape index (κ2) is 7.71. The van der Waals surface area contributed by atoms with Crippen LogP contribution in [0.5, 0.6) is 0 Å². The maximum absolute atomic E-state index is 12.5. The summed E-state index contributed by atoms with van der Waals surface area (Å²) in [5.74, 6) is -0.0672. The molecule has 1 aliphatic heterocycles. The Labute approximate surface area is 163 Å². The molecule has 2 fully saturated rings. The lowest BCUT2D eigenvalue weighted by Gasteiger charge is -2.34. The minimum Gasteiger partial charge on any atom is -0.344 e. The number of hydrogen-bond donors (Lipinski definition) is 0. The zero-order chi connectivity index (χ0) is 18.9. The van der Waals surface area contributed by atoms with Gasteiger partial charge >= 0.3 is 0 Å². The van der Waals surface area contributed by atoms with Gasteiger partial charge in [0.1, 0.15) is 10.3 Å². The first-order valence-corrected chi connectivity index (χ1v) is 12.0. The van der Waals surface area contributed by atoms with Crippen LogP contribution in [0, 0.1) is 0 Å². The predicted molar refractivity (Wildman–Crippen MR) is 107 cm³/mol. The highest BCUT2D eigenvalue weighted by molar-refractivity contribution is 7.92. The Morgan fingerprint density at radius 1 is 1.19 bits per heavy atom. The van der Waals surface area contributed by atoms with Crippen molar-refractivity contribution in [2.45, 2.75) is 37.4 Å². The zero-order valence-corrected chi connectivity index (χ0v) is 16.8. The third-order valence-electron chi connectivity index (χ3n) is 5.47. The van der Waals surface area contributed by atoms with Crippen molar-refractivity contribution < 1.29 is 13.2 Å². The number of carbonyl (C=O) groups excluding carboxylic acids is 1. The molecule has 0 aromatic carbocycles. The Balaban J connectivity index is 1.30. The number of fused-ring (bicyclic) bond motifs is 1. The van der Waals surface area contributed by atoms with E-state index >= 15 is 0 Å². The van der Waals surface area contributed by atoms with Crippen molar-refractivity contribution in [3.63, 3.8) is 0 Å². The van der Waals surface area contributed by atoms with E-state index in [1.807, 2.05) is 12.1 Å². The number of nitrogens with zero attached hydrogens (tertiary/aromatic N) is 4. The second-order valence-electron chi connectivity index (χ2n) is 7.22. The summed E-state index contributed by atoms with van der Waals surface area (Å²) in [6, 6.07) is 3.83. The van der Waals surface area contributed by atoms with Crippen molar-refractivity contribution in [3.05, 3.63) is 18.3 Å². The minimum absolute atomic E-state index is 0.0136. The Hall–Kier alpha value is -1.74. The van der Waals surface area contributed by atoms with Crippen LogP contribution in [0.25, 0.3) is 10.3 Å². The molecule has 0 radical (unpaired) electrons. The molecule has 146 valence electrons. The molecule has 0 spiro atoms. The van der Waals surface area contributed by atoms with Crippen LogP contribution in [0.4, 0.5) is 5.13 Å². The Kier molecular flexibility index (Phi) is 5.32. The van der Waals surface area contributed by atoms with E-state index in [1.54, 1.807) is 22.4 Å². The normalized spacial score (nSPS) is 19.1. The zero-order valence-electron chi connectivity index (χ0n) is 15.2. The number of hydrogen-bond acceptors (Lipinski definition) is 7. The molecule has 1 amide bonds. The number of anilines is 1. The van der Waals surface area contributed by atoms with E-state index < -0.39 is 9.84 Å². The van der Waals surface area contributed by atoms with Gasteiger partial charge in [0.05, 0.1) is 11.0 Å². The Bertz CT molecular complexity index is 881. The van der Waals surface area contributed by atoms with Gasteiger partial charge in [0, 0.05) is 38.8 Å². The lowest BCUT2D eigenvalue weighted by atomic mass is 10.3. The standard InChI is InChI=1S/C18H24N4O3S2/c23-16(7-13-27(24,25)14-4-1-2-5-14)21-9-11-22(12-10-21)18-20-15-6-3-8-19-17(15)26-18/h3,6,8,14H,1-2,4-5,7,9-13H2. The van der Waals surface area contributed by atoms with E-state index in [1.165, 1.54) is 0 Å². The molecular weight excluding hydrogens is 384 g/mol. The van der Waals surface area contributed by atoms with E-state index in [9.17, 15) is 13.2 Å². The molecule has 1 aliphatic carbocycles. The Morgan fingerprint density at radius 3 is 2.63 bits per heavy atom. The molecule has 27 heavy (non-hydrogen) atoms. The fourth-order valence-electron chi connectivity index (χ4n) is 3.84. The largest absolute Gasteiger partial charge is 0.344 e. The maximum atomic E-state index is 12.5. The number of amides is 1. The maximum Gasteiger partial charge on any atom is 0.223 e. The van der Waals surface area contributed by atoms with Crippen molar-refractivity contribution in [2.75, 3.05) is 36.8 Å². The molecule has 1 saturated carbocycles. The SMILES string of the molecule is O=C(CCS(=O)(=O)C1CCCC1)N1CCN(c2nc3cccnc3s2)CC1. The highest BCUT2D eigenvalue weighted by atomic mass is 32.2.